The van der Waals surface area contributed by atoms with Crippen molar-refractivity contribution in [3.8, 4) is 0 Å². The molecule has 0 atom stereocenters. The van der Waals surface area contributed by atoms with E-state index in [2.05, 4.69) is 44.7 Å². The smallest absolute Gasteiger partial charge is 0.0329 e. The van der Waals surface area contributed by atoms with Crippen LogP contribution in [0.25, 0.3) is 0 Å². The predicted molar refractivity (Wildman–Crippen MR) is 53.8 cm³/mol. The van der Waals surface area contributed by atoms with Crippen molar-refractivity contribution in [1.29, 1.82) is 0 Å². The zero-order chi connectivity index (χ0) is 8.20. The zero-order valence-corrected chi connectivity index (χ0v) is 8.85. The molecule has 0 unspecified atom stereocenters. The summed E-state index contributed by atoms with van der Waals surface area (Å²) in [6, 6.07) is 0.569. The molecule has 0 bridgehead atoms. The maximum atomic E-state index is 4.18. The monoisotopic (exact) mass is 179 g/mol. The average molecular weight is 179 g/mol. The van der Waals surface area contributed by atoms with Crippen molar-refractivity contribution in [1.82, 2.24) is 5.32 Å². The summed E-state index contributed by atoms with van der Waals surface area (Å²) < 4.78 is 0.243. The van der Waals surface area contributed by atoms with Crippen molar-refractivity contribution >= 4 is 22.5 Å². The van der Waals surface area contributed by atoms with Crippen molar-refractivity contribution in [3.63, 3.8) is 0 Å². The molecule has 0 heterocycles. The highest BCUT2D eigenvalue weighted by atomic mass is 33.1. The molecule has 0 spiro atoms. The first-order valence-corrected chi connectivity index (χ1v) is 5.41. The molecule has 0 aromatic rings. The van der Waals surface area contributed by atoms with Crippen LogP contribution in [0.2, 0.25) is 0 Å². The van der Waals surface area contributed by atoms with Gasteiger partial charge in [0.1, 0.15) is 0 Å². The van der Waals surface area contributed by atoms with Gasteiger partial charge in [0.2, 0.25) is 0 Å². The fraction of sp³-hybridized carbons (Fsp3) is 1.00. The standard InChI is InChI=1S/C7H17NS2/c1-6(2)8-5-7(3,4)10-9/h6,8-9H,5H2,1-4H3. The first kappa shape index (κ1) is 10.7. The number of thiol groups is 1. The van der Waals surface area contributed by atoms with E-state index in [0.717, 1.165) is 6.54 Å². The lowest BCUT2D eigenvalue weighted by Crippen LogP contribution is -2.35. The number of hydrogen-bond acceptors (Lipinski definition) is 3. The van der Waals surface area contributed by atoms with Crippen LogP contribution in [-0.4, -0.2) is 17.3 Å². The third-order valence-electron chi connectivity index (χ3n) is 1.18. The van der Waals surface area contributed by atoms with Gasteiger partial charge in [0, 0.05) is 17.3 Å². The summed E-state index contributed by atoms with van der Waals surface area (Å²) in [6.45, 7) is 9.68. The van der Waals surface area contributed by atoms with E-state index in [-0.39, 0.29) is 4.75 Å². The summed E-state index contributed by atoms with van der Waals surface area (Å²) in [5.41, 5.74) is 0. The first-order valence-electron chi connectivity index (χ1n) is 3.54. The highest BCUT2D eigenvalue weighted by Crippen LogP contribution is 2.26. The predicted octanol–water partition coefficient (Wildman–Crippen LogP) is 2.34. The topological polar surface area (TPSA) is 12.0 Å². The van der Waals surface area contributed by atoms with Crippen molar-refractivity contribution in [2.45, 2.75) is 38.5 Å². The maximum absolute atomic E-state index is 4.18. The summed E-state index contributed by atoms with van der Waals surface area (Å²) >= 11 is 4.18. The maximum Gasteiger partial charge on any atom is 0.0329 e. The van der Waals surface area contributed by atoms with Gasteiger partial charge in [-0.05, 0) is 13.8 Å². The van der Waals surface area contributed by atoms with Crippen molar-refractivity contribution < 1.29 is 0 Å². The van der Waals surface area contributed by atoms with Gasteiger partial charge in [0.15, 0.2) is 0 Å². The van der Waals surface area contributed by atoms with E-state index in [1.807, 2.05) is 0 Å². The summed E-state index contributed by atoms with van der Waals surface area (Å²) in [6.07, 6.45) is 0. The Morgan fingerprint density at radius 2 is 2.00 bits per heavy atom. The lowest BCUT2D eigenvalue weighted by atomic mass is 10.2. The van der Waals surface area contributed by atoms with Crippen LogP contribution in [0.1, 0.15) is 27.7 Å². The Balaban J connectivity index is 3.46. The first-order chi connectivity index (χ1) is 4.48. The van der Waals surface area contributed by atoms with Gasteiger partial charge in [0.05, 0.1) is 0 Å². The van der Waals surface area contributed by atoms with Crippen LogP contribution in [0, 0.1) is 0 Å². The Kier molecular flexibility index (Phi) is 4.82. The van der Waals surface area contributed by atoms with E-state index in [9.17, 15) is 0 Å². The number of nitrogens with one attached hydrogen (secondary N) is 1. The van der Waals surface area contributed by atoms with Crippen LogP contribution >= 0.6 is 22.5 Å². The fourth-order valence-corrected chi connectivity index (χ4v) is 0.824. The molecule has 0 saturated carbocycles. The molecule has 0 saturated heterocycles. The number of rotatable bonds is 4. The van der Waals surface area contributed by atoms with Crippen molar-refractivity contribution in [2.24, 2.45) is 0 Å². The molecule has 1 nitrogen and oxygen atoms in total. The average Bonchev–Trinajstić information content (AvgIpc) is 1.85. The number of hydrogen-bond donors (Lipinski definition) is 2. The summed E-state index contributed by atoms with van der Waals surface area (Å²) in [5, 5.41) is 3.37. The molecule has 0 aromatic heterocycles. The van der Waals surface area contributed by atoms with Crippen molar-refractivity contribution in [3.05, 3.63) is 0 Å². The van der Waals surface area contributed by atoms with Crippen LogP contribution in [0.3, 0.4) is 0 Å². The van der Waals surface area contributed by atoms with Gasteiger partial charge >= 0.3 is 0 Å². The molecular formula is C7H17NS2. The minimum Gasteiger partial charge on any atom is -0.313 e. The Labute approximate surface area is 73.2 Å². The van der Waals surface area contributed by atoms with E-state index in [0.29, 0.717) is 6.04 Å². The molecule has 0 amide bonds. The van der Waals surface area contributed by atoms with Crippen LogP contribution in [0.15, 0.2) is 0 Å². The Bertz CT molecular complexity index is 91.6. The van der Waals surface area contributed by atoms with Gasteiger partial charge in [-0.25, -0.2) is 0 Å². The molecule has 0 fully saturated rings. The molecule has 10 heavy (non-hydrogen) atoms. The summed E-state index contributed by atoms with van der Waals surface area (Å²) in [4.78, 5) is 0. The Morgan fingerprint density at radius 1 is 1.50 bits per heavy atom. The second-order valence-electron chi connectivity index (χ2n) is 3.39. The van der Waals surface area contributed by atoms with E-state index >= 15 is 0 Å². The fourth-order valence-electron chi connectivity index (χ4n) is 0.482. The minimum atomic E-state index is 0.243. The quantitative estimate of drug-likeness (QED) is 0.507. The summed E-state index contributed by atoms with van der Waals surface area (Å²) in [5.74, 6) is 0. The normalized spacial score (nSPS) is 12.6. The van der Waals surface area contributed by atoms with Crippen LogP contribution in [0.4, 0.5) is 0 Å². The molecule has 0 aromatic carbocycles. The van der Waals surface area contributed by atoms with Crippen LogP contribution < -0.4 is 5.32 Å². The molecule has 0 radical (unpaired) electrons. The van der Waals surface area contributed by atoms with Crippen molar-refractivity contribution in [2.75, 3.05) is 6.54 Å². The third-order valence-corrected chi connectivity index (χ3v) is 3.30. The second-order valence-corrected chi connectivity index (χ2v) is 5.22. The van der Waals surface area contributed by atoms with E-state index < -0.39 is 0 Å². The Morgan fingerprint density at radius 3 is 2.30 bits per heavy atom. The molecule has 62 valence electrons. The summed E-state index contributed by atoms with van der Waals surface area (Å²) in [7, 11) is 1.60. The van der Waals surface area contributed by atoms with Crippen LogP contribution in [0.5, 0.6) is 0 Å². The molecule has 1 N–H and O–H groups in total. The van der Waals surface area contributed by atoms with Gasteiger partial charge in [-0.1, -0.05) is 24.6 Å². The van der Waals surface area contributed by atoms with E-state index in [1.54, 1.807) is 10.8 Å². The lowest BCUT2D eigenvalue weighted by Gasteiger charge is -2.22. The van der Waals surface area contributed by atoms with E-state index in [4.69, 9.17) is 0 Å². The zero-order valence-electron chi connectivity index (χ0n) is 7.14. The van der Waals surface area contributed by atoms with Gasteiger partial charge in [0.25, 0.3) is 0 Å². The lowest BCUT2D eigenvalue weighted by molar-refractivity contribution is 0.534. The van der Waals surface area contributed by atoms with E-state index in [1.165, 1.54) is 0 Å². The minimum absolute atomic E-state index is 0.243. The molecular weight excluding hydrogens is 162 g/mol. The molecule has 0 aliphatic carbocycles. The highest BCUT2D eigenvalue weighted by Gasteiger charge is 2.15. The molecule has 0 rings (SSSR count). The van der Waals surface area contributed by atoms with Gasteiger partial charge in [-0.3, -0.25) is 0 Å². The second kappa shape index (κ2) is 4.52. The molecule has 0 aliphatic heterocycles. The third kappa shape index (κ3) is 5.45. The van der Waals surface area contributed by atoms with Gasteiger partial charge < -0.3 is 5.32 Å². The Hall–Kier alpha value is 0.660. The molecule has 0 aliphatic rings. The SMILES string of the molecule is CC(C)NCC(C)(C)SS. The van der Waals surface area contributed by atoms with Crippen LogP contribution in [-0.2, 0) is 0 Å². The molecule has 3 heteroatoms. The largest absolute Gasteiger partial charge is 0.313 e. The highest BCUT2D eigenvalue weighted by molar-refractivity contribution is 8.69. The van der Waals surface area contributed by atoms with Gasteiger partial charge in [-0.2, -0.15) is 0 Å². The van der Waals surface area contributed by atoms with Gasteiger partial charge in [-0.15, -0.1) is 11.7 Å².